The first-order chi connectivity index (χ1) is 8.49. The van der Waals surface area contributed by atoms with Gasteiger partial charge >= 0.3 is 5.97 Å². The third kappa shape index (κ3) is 2.37. The Morgan fingerprint density at radius 3 is 2.72 bits per heavy atom. The highest BCUT2D eigenvalue weighted by Crippen LogP contribution is 2.27. The van der Waals surface area contributed by atoms with Crippen LogP contribution in [0.2, 0.25) is 0 Å². The molecule has 1 heterocycles. The van der Waals surface area contributed by atoms with Crippen molar-refractivity contribution in [3.8, 4) is 0 Å². The second-order valence-electron chi connectivity index (χ2n) is 4.77. The van der Waals surface area contributed by atoms with Crippen LogP contribution in [0.4, 0.5) is 0 Å². The average molecular weight is 251 g/mol. The maximum Gasteiger partial charge on any atom is 0.306 e. The van der Waals surface area contributed by atoms with Crippen molar-refractivity contribution in [2.75, 3.05) is 0 Å². The molecule has 98 valence electrons. The van der Waals surface area contributed by atoms with Crippen LogP contribution in [-0.4, -0.2) is 32.6 Å². The van der Waals surface area contributed by atoms with Gasteiger partial charge in [-0.25, -0.2) is 4.98 Å². The third-order valence-electron chi connectivity index (χ3n) is 3.49. The Morgan fingerprint density at radius 2 is 2.22 bits per heavy atom. The molecule has 1 fully saturated rings. The van der Waals surface area contributed by atoms with Crippen molar-refractivity contribution in [3.63, 3.8) is 0 Å². The Balaban J connectivity index is 1.86. The zero-order valence-corrected chi connectivity index (χ0v) is 10.5. The molecular formula is C12H17N3O3. The minimum atomic E-state index is -0.779. The van der Waals surface area contributed by atoms with Crippen molar-refractivity contribution in [2.45, 2.75) is 38.8 Å². The first kappa shape index (κ1) is 12.6. The fourth-order valence-corrected chi connectivity index (χ4v) is 2.18. The van der Waals surface area contributed by atoms with Crippen molar-refractivity contribution in [1.82, 2.24) is 14.9 Å². The van der Waals surface area contributed by atoms with Crippen LogP contribution in [0.15, 0.2) is 12.4 Å². The number of carbonyl (C=O) groups excluding carboxylic acids is 1. The van der Waals surface area contributed by atoms with Crippen LogP contribution in [0.1, 0.15) is 31.6 Å². The van der Waals surface area contributed by atoms with Gasteiger partial charge in [0.05, 0.1) is 5.92 Å². The number of nitrogens with one attached hydrogen (secondary N) is 1. The lowest BCUT2D eigenvalue weighted by molar-refractivity contribution is -0.146. The zero-order chi connectivity index (χ0) is 13.3. The van der Waals surface area contributed by atoms with E-state index in [1.165, 1.54) is 0 Å². The largest absolute Gasteiger partial charge is 0.481 e. The number of imidazole rings is 1. The highest BCUT2D eigenvalue weighted by atomic mass is 16.4. The van der Waals surface area contributed by atoms with E-state index in [1.807, 2.05) is 6.92 Å². The third-order valence-corrected chi connectivity index (χ3v) is 3.49. The van der Waals surface area contributed by atoms with Gasteiger partial charge < -0.3 is 15.0 Å². The van der Waals surface area contributed by atoms with Crippen LogP contribution in [0, 0.1) is 12.8 Å². The number of hydrogen-bond donors (Lipinski definition) is 2. The molecule has 0 saturated heterocycles. The molecule has 0 bridgehead atoms. The Labute approximate surface area is 105 Å². The molecular weight excluding hydrogens is 234 g/mol. The molecule has 6 heteroatoms. The van der Waals surface area contributed by atoms with Crippen molar-refractivity contribution in [2.24, 2.45) is 5.92 Å². The van der Waals surface area contributed by atoms with Gasteiger partial charge in [-0.2, -0.15) is 0 Å². The topological polar surface area (TPSA) is 84.2 Å². The number of rotatable bonds is 4. The first-order valence-corrected chi connectivity index (χ1v) is 6.01. The molecule has 18 heavy (non-hydrogen) atoms. The Morgan fingerprint density at radius 1 is 1.56 bits per heavy atom. The molecule has 2 rings (SSSR count). The van der Waals surface area contributed by atoms with E-state index in [0.717, 1.165) is 5.82 Å². The van der Waals surface area contributed by atoms with Gasteiger partial charge in [0.2, 0.25) is 5.91 Å². The molecule has 1 atom stereocenters. The molecule has 0 radical (unpaired) electrons. The predicted molar refractivity (Wildman–Crippen MR) is 64.0 cm³/mol. The van der Waals surface area contributed by atoms with E-state index >= 15 is 0 Å². The molecule has 1 aromatic rings. The molecule has 1 aliphatic carbocycles. The number of aliphatic carboxylic acids is 1. The van der Waals surface area contributed by atoms with Gasteiger partial charge in [0.1, 0.15) is 11.9 Å². The SMILES string of the molecule is Cc1nccn1[C@H](C)C(=O)NC1CC(C(=O)O)C1. The summed E-state index contributed by atoms with van der Waals surface area (Å²) in [6.45, 7) is 3.64. The van der Waals surface area contributed by atoms with Gasteiger partial charge in [-0.05, 0) is 26.7 Å². The number of carboxylic acids is 1. The second kappa shape index (κ2) is 4.80. The van der Waals surface area contributed by atoms with Gasteiger partial charge in [-0.15, -0.1) is 0 Å². The monoisotopic (exact) mass is 251 g/mol. The van der Waals surface area contributed by atoms with Gasteiger partial charge in [0.15, 0.2) is 0 Å². The maximum atomic E-state index is 12.0. The number of aromatic nitrogens is 2. The van der Waals surface area contributed by atoms with Gasteiger partial charge in [0, 0.05) is 18.4 Å². The Kier molecular flexibility index (Phi) is 3.36. The van der Waals surface area contributed by atoms with Crippen LogP contribution in [0.25, 0.3) is 0 Å². The van der Waals surface area contributed by atoms with Crippen LogP contribution in [-0.2, 0) is 9.59 Å². The Bertz CT molecular complexity index is 463. The number of nitrogens with zero attached hydrogens (tertiary/aromatic N) is 2. The number of amides is 1. The first-order valence-electron chi connectivity index (χ1n) is 6.01. The summed E-state index contributed by atoms with van der Waals surface area (Å²) in [5.74, 6) is -0.390. The van der Waals surface area contributed by atoms with Crippen LogP contribution in [0.3, 0.4) is 0 Å². The van der Waals surface area contributed by atoms with Gasteiger partial charge in [-0.1, -0.05) is 0 Å². The summed E-state index contributed by atoms with van der Waals surface area (Å²) >= 11 is 0. The molecule has 0 aromatic carbocycles. The van der Waals surface area contributed by atoms with Gasteiger partial charge in [-0.3, -0.25) is 9.59 Å². The summed E-state index contributed by atoms with van der Waals surface area (Å²) in [6.07, 6.45) is 4.47. The van der Waals surface area contributed by atoms with E-state index in [1.54, 1.807) is 23.9 Å². The molecule has 0 aliphatic heterocycles. The van der Waals surface area contributed by atoms with Crippen molar-refractivity contribution in [3.05, 3.63) is 18.2 Å². The molecule has 0 spiro atoms. The lowest BCUT2D eigenvalue weighted by atomic mass is 9.80. The summed E-state index contributed by atoms with van der Waals surface area (Å²) in [7, 11) is 0. The van der Waals surface area contributed by atoms with Crippen molar-refractivity contribution in [1.29, 1.82) is 0 Å². The van der Waals surface area contributed by atoms with Crippen LogP contribution in [0.5, 0.6) is 0 Å². The standard InChI is InChI=1S/C12H17N3O3/c1-7(15-4-3-13-8(15)2)11(16)14-10-5-9(6-10)12(17)18/h3-4,7,9-10H,5-6H2,1-2H3,(H,14,16)(H,17,18)/t7-,9?,10?/m1/s1. The summed E-state index contributed by atoms with van der Waals surface area (Å²) in [6, 6.07) is -0.332. The number of hydrogen-bond acceptors (Lipinski definition) is 3. The summed E-state index contributed by atoms with van der Waals surface area (Å²) < 4.78 is 1.79. The van der Waals surface area contributed by atoms with E-state index < -0.39 is 5.97 Å². The van der Waals surface area contributed by atoms with Crippen molar-refractivity contribution < 1.29 is 14.7 Å². The van der Waals surface area contributed by atoms with E-state index in [9.17, 15) is 9.59 Å². The predicted octanol–water partition coefficient (Wildman–Crippen LogP) is 0.732. The highest BCUT2D eigenvalue weighted by molar-refractivity contribution is 5.81. The summed E-state index contributed by atoms with van der Waals surface area (Å²) in [5, 5.41) is 11.6. The molecule has 1 saturated carbocycles. The molecule has 1 aliphatic rings. The molecule has 6 nitrogen and oxygen atoms in total. The summed E-state index contributed by atoms with van der Waals surface area (Å²) in [4.78, 5) is 26.7. The molecule has 1 amide bonds. The zero-order valence-electron chi connectivity index (χ0n) is 10.5. The Hall–Kier alpha value is -1.85. The fraction of sp³-hybridized carbons (Fsp3) is 0.583. The highest BCUT2D eigenvalue weighted by Gasteiger charge is 2.36. The number of aryl methyl sites for hydroxylation is 1. The normalized spacial score (nSPS) is 24.1. The van der Waals surface area contributed by atoms with E-state index in [2.05, 4.69) is 10.3 Å². The minimum Gasteiger partial charge on any atom is -0.481 e. The molecule has 0 unspecified atom stereocenters. The fourth-order valence-electron chi connectivity index (χ4n) is 2.18. The minimum absolute atomic E-state index is 0.00937. The average Bonchev–Trinajstić information content (AvgIpc) is 2.67. The van der Waals surface area contributed by atoms with Crippen molar-refractivity contribution >= 4 is 11.9 Å². The smallest absolute Gasteiger partial charge is 0.306 e. The molecule has 2 N–H and O–H groups in total. The van der Waals surface area contributed by atoms with Crippen LogP contribution >= 0.6 is 0 Å². The molecule has 1 aromatic heterocycles. The lowest BCUT2D eigenvalue weighted by Crippen LogP contribution is -2.48. The second-order valence-corrected chi connectivity index (χ2v) is 4.77. The van der Waals surface area contributed by atoms with E-state index in [0.29, 0.717) is 12.8 Å². The maximum absolute atomic E-state index is 12.0. The van der Waals surface area contributed by atoms with E-state index in [4.69, 9.17) is 5.11 Å². The van der Waals surface area contributed by atoms with Crippen LogP contribution < -0.4 is 5.32 Å². The van der Waals surface area contributed by atoms with E-state index in [-0.39, 0.29) is 23.9 Å². The van der Waals surface area contributed by atoms with Gasteiger partial charge in [0.25, 0.3) is 0 Å². The number of carboxylic acid groups (broad SMARTS) is 1. The quantitative estimate of drug-likeness (QED) is 0.826. The lowest BCUT2D eigenvalue weighted by Gasteiger charge is -2.33. The summed E-state index contributed by atoms with van der Waals surface area (Å²) in [5.41, 5.74) is 0. The number of carbonyl (C=O) groups is 2.